The average Bonchev–Trinajstić information content (AvgIpc) is 2.25. The minimum absolute atomic E-state index is 0.00619. The molecular weight excluding hydrogens is 206 g/mol. The van der Waals surface area contributed by atoms with Crippen LogP contribution in [0.4, 0.5) is 0 Å². The highest BCUT2D eigenvalue weighted by Crippen LogP contribution is 2.13. The highest BCUT2D eigenvalue weighted by molar-refractivity contribution is 5.67. The molecule has 88 valence electrons. The predicted octanol–water partition coefficient (Wildman–Crippen LogP) is 1.43. The molecule has 0 bridgehead atoms. The van der Waals surface area contributed by atoms with Crippen molar-refractivity contribution in [3.05, 3.63) is 29.8 Å². The maximum atomic E-state index is 10.4. The molecule has 0 aliphatic heterocycles. The molecule has 0 aliphatic carbocycles. The van der Waals surface area contributed by atoms with Gasteiger partial charge in [-0.1, -0.05) is 12.1 Å². The molecule has 4 nitrogen and oxygen atoms in total. The summed E-state index contributed by atoms with van der Waals surface area (Å²) >= 11 is 0. The lowest BCUT2D eigenvalue weighted by Gasteiger charge is -2.08. The molecule has 0 fully saturated rings. The molecule has 0 aliphatic rings. The Bertz CT molecular complexity index is 333. The van der Waals surface area contributed by atoms with Crippen LogP contribution >= 0.6 is 0 Å². The lowest BCUT2D eigenvalue weighted by atomic mass is 10.1. The lowest BCUT2D eigenvalue weighted by molar-refractivity contribution is -0.136. The van der Waals surface area contributed by atoms with Gasteiger partial charge in [0.15, 0.2) is 0 Å². The van der Waals surface area contributed by atoms with Crippen LogP contribution in [0, 0.1) is 0 Å². The van der Waals surface area contributed by atoms with Gasteiger partial charge in [-0.05, 0) is 31.0 Å². The summed E-state index contributed by atoms with van der Waals surface area (Å²) in [5.74, 6) is -0.0198. The fourth-order valence-corrected chi connectivity index (χ4v) is 1.23. The van der Waals surface area contributed by atoms with E-state index in [1.807, 2.05) is 31.2 Å². The van der Waals surface area contributed by atoms with E-state index in [-0.39, 0.29) is 12.5 Å². The van der Waals surface area contributed by atoms with E-state index in [0.717, 1.165) is 11.3 Å². The molecule has 0 heterocycles. The summed E-state index contributed by atoms with van der Waals surface area (Å²) in [5.41, 5.74) is 6.56. The average molecular weight is 223 g/mol. The number of rotatable bonds is 6. The van der Waals surface area contributed by atoms with Gasteiger partial charge in [-0.15, -0.1) is 0 Å². The summed E-state index contributed by atoms with van der Waals surface area (Å²) in [6, 6.07) is 7.42. The van der Waals surface area contributed by atoms with Crippen molar-refractivity contribution >= 4 is 5.97 Å². The molecule has 0 aromatic heterocycles. The normalized spacial score (nSPS) is 12.1. The van der Waals surface area contributed by atoms with Gasteiger partial charge < -0.3 is 15.6 Å². The summed E-state index contributed by atoms with van der Waals surface area (Å²) in [4.78, 5) is 10.4. The van der Waals surface area contributed by atoms with Crippen molar-refractivity contribution in [2.45, 2.75) is 25.8 Å². The van der Waals surface area contributed by atoms with Gasteiger partial charge in [-0.3, -0.25) is 4.79 Å². The van der Waals surface area contributed by atoms with E-state index in [1.165, 1.54) is 0 Å². The Morgan fingerprint density at radius 1 is 1.44 bits per heavy atom. The molecule has 0 saturated heterocycles. The number of carbonyl (C=O) groups is 1. The Kier molecular flexibility index (Phi) is 4.79. The van der Waals surface area contributed by atoms with Gasteiger partial charge in [0.25, 0.3) is 0 Å². The van der Waals surface area contributed by atoms with Gasteiger partial charge in [0.05, 0.1) is 0 Å². The summed E-state index contributed by atoms with van der Waals surface area (Å²) in [6.07, 6.45) is 0.697. The Hall–Kier alpha value is -1.55. The first-order chi connectivity index (χ1) is 7.58. The van der Waals surface area contributed by atoms with Gasteiger partial charge in [-0.2, -0.15) is 0 Å². The highest BCUT2D eigenvalue weighted by atomic mass is 16.5. The first kappa shape index (κ1) is 12.5. The van der Waals surface area contributed by atoms with Gasteiger partial charge >= 0.3 is 5.97 Å². The van der Waals surface area contributed by atoms with Crippen molar-refractivity contribution < 1.29 is 14.6 Å². The van der Waals surface area contributed by atoms with Crippen molar-refractivity contribution in [1.29, 1.82) is 0 Å². The van der Waals surface area contributed by atoms with E-state index < -0.39 is 5.97 Å². The Morgan fingerprint density at radius 2 is 2.06 bits per heavy atom. The highest BCUT2D eigenvalue weighted by Gasteiger charge is 2.00. The smallest absolute Gasteiger partial charge is 0.303 e. The van der Waals surface area contributed by atoms with Crippen LogP contribution in [-0.2, 0) is 11.2 Å². The van der Waals surface area contributed by atoms with Gasteiger partial charge in [0, 0.05) is 12.5 Å². The van der Waals surface area contributed by atoms with Crippen LogP contribution in [0.15, 0.2) is 24.3 Å². The third-order valence-corrected chi connectivity index (χ3v) is 2.06. The topological polar surface area (TPSA) is 72.5 Å². The Morgan fingerprint density at radius 3 is 2.56 bits per heavy atom. The number of ether oxygens (including phenoxy) is 1. The second-order valence-corrected chi connectivity index (χ2v) is 3.83. The first-order valence-electron chi connectivity index (χ1n) is 5.27. The summed E-state index contributed by atoms with van der Waals surface area (Å²) in [6.45, 7) is 2.36. The van der Waals surface area contributed by atoms with Crippen LogP contribution in [-0.4, -0.2) is 23.7 Å². The minimum atomic E-state index is -0.780. The minimum Gasteiger partial charge on any atom is -0.492 e. The van der Waals surface area contributed by atoms with E-state index in [2.05, 4.69) is 0 Å². The Labute approximate surface area is 95.0 Å². The SMILES string of the molecule is CC(N)COc1ccc(CCC(=O)O)cc1. The number of nitrogens with two attached hydrogens (primary N) is 1. The summed E-state index contributed by atoms with van der Waals surface area (Å²) < 4.78 is 5.41. The van der Waals surface area contributed by atoms with Crippen molar-refractivity contribution in [1.82, 2.24) is 0 Å². The largest absolute Gasteiger partial charge is 0.492 e. The van der Waals surface area contributed by atoms with E-state index in [4.69, 9.17) is 15.6 Å². The molecule has 1 aromatic carbocycles. The van der Waals surface area contributed by atoms with E-state index in [1.54, 1.807) is 0 Å². The predicted molar refractivity (Wildman–Crippen MR) is 61.5 cm³/mol. The third kappa shape index (κ3) is 4.79. The molecule has 1 rings (SSSR count). The standard InChI is InChI=1S/C12H17NO3/c1-9(13)8-16-11-5-2-10(3-6-11)4-7-12(14)15/h2-3,5-6,9H,4,7-8,13H2,1H3,(H,14,15). The van der Waals surface area contributed by atoms with Crippen LogP contribution in [0.3, 0.4) is 0 Å². The van der Waals surface area contributed by atoms with Crippen LogP contribution in [0.1, 0.15) is 18.9 Å². The number of carboxylic acid groups (broad SMARTS) is 1. The van der Waals surface area contributed by atoms with E-state index in [0.29, 0.717) is 13.0 Å². The molecule has 4 heteroatoms. The van der Waals surface area contributed by atoms with Crippen molar-refractivity contribution in [3.63, 3.8) is 0 Å². The van der Waals surface area contributed by atoms with Gasteiger partial charge in [-0.25, -0.2) is 0 Å². The van der Waals surface area contributed by atoms with Gasteiger partial charge in [0.2, 0.25) is 0 Å². The van der Waals surface area contributed by atoms with Crippen molar-refractivity contribution in [3.8, 4) is 5.75 Å². The van der Waals surface area contributed by atoms with E-state index >= 15 is 0 Å². The third-order valence-electron chi connectivity index (χ3n) is 2.06. The second-order valence-electron chi connectivity index (χ2n) is 3.83. The van der Waals surface area contributed by atoms with Crippen LogP contribution in [0.5, 0.6) is 5.75 Å². The van der Waals surface area contributed by atoms with E-state index in [9.17, 15) is 4.79 Å². The first-order valence-corrected chi connectivity index (χ1v) is 5.27. The summed E-state index contributed by atoms with van der Waals surface area (Å²) in [7, 11) is 0. The summed E-state index contributed by atoms with van der Waals surface area (Å²) in [5, 5.41) is 8.54. The molecule has 3 N–H and O–H groups in total. The lowest BCUT2D eigenvalue weighted by Crippen LogP contribution is -2.23. The molecule has 0 saturated carbocycles. The van der Waals surface area contributed by atoms with Crippen LogP contribution in [0.2, 0.25) is 0 Å². The number of aryl methyl sites for hydroxylation is 1. The molecule has 1 aromatic rings. The van der Waals surface area contributed by atoms with Crippen molar-refractivity contribution in [2.24, 2.45) is 5.73 Å². The molecule has 16 heavy (non-hydrogen) atoms. The fraction of sp³-hybridized carbons (Fsp3) is 0.417. The monoisotopic (exact) mass is 223 g/mol. The molecule has 0 radical (unpaired) electrons. The molecule has 1 atom stereocenters. The molecule has 0 amide bonds. The number of hydrogen-bond donors (Lipinski definition) is 2. The van der Waals surface area contributed by atoms with Crippen molar-refractivity contribution in [2.75, 3.05) is 6.61 Å². The zero-order valence-electron chi connectivity index (χ0n) is 9.35. The zero-order chi connectivity index (χ0) is 12.0. The zero-order valence-corrected chi connectivity index (χ0v) is 9.35. The maximum absolute atomic E-state index is 10.4. The number of hydrogen-bond acceptors (Lipinski definition) is 3. The molecular formula is C12H17NO3. The number of benzene rings is 1. The number of aliphatic carboxylic acids is 1. The maximum Gasteiger partial charge on any atom is 0.303 e. The quantitative estimate of drug-likeness (QED) is 0.765. The van der Waals surface area contributed by atoms with Gasteiger partial charge in [0.1, 0.15) is 12.4 Å². The second kappa shape index (κ2) is 6.12. The fourth-order valence-electron chi connectivity index (χ4n) is 1.23. The van der Waals surface area contributed by atoms with Crippen LogP contribution in [0.25, 0.3) is 0 Å². The molecule has 0 spiro atoms. The van der Waals surface area contributed by atoms with Crippen LogP contribution < -0.4 is 10.5 Å². The molecule has 1 unspecified atom stereocenters. The number of carboxylic acids is 1. The Balaban J connectivity index is 2.44.